The van der Waals surface area contributed by atoms with Gasteiger partial charge in [0.1, 0.15) is 13.2 Å². The Balaban J connectivity index is 4.60. The monoisotopic (exact) mass is 927 g/mol. The van der Waals surface area contributed by atoms with Gasteiger partial charge in [-0.15, -0.1) is 0 Å². The third-order valence-corrected chi connectivity index (χ3v) is 10.9. The summed E-state index contributed by atoms with van der Waals surface area (Å²) in [6, 6.07) is 0. The Morgan fingerprint density at radius 1 is 0.299 bits per heavy atom. The largest absolute Gasteiger partial charge is 0.462 e. The van der Waals surface area contributed by atoms with Gasteiger partial charge in [0, 0.05) is 19.3 Å². The van der Waals surface area contributed by atoms with Gasteiger partial charge in [0.25, 0.3) is 0 Å². The maximum Gasteiger partial charge on any atom is 0.306 e. The molecule has 0 aromatic rings. The Kier molecular flexibility index (Phi) is 51.0. The smallest absolute Gasteiger partial charge is 0.306 e. The summed E-state index contributed by atoms with van der Waals surface area (Å²) in [5.74, 6) is -1.07. The van der Waals surface area contributed by atoms with E-state index in [9.17, 15) is 14.4 Å². The molecule has 0 aliphatic rings. The number of allylic oxidation sites excluding steroid dienone is 20. The van der Waals surface area contributed by atoms with Gasteiger partial charge in [0.2, 0.25) is 0 Å². The van der Waals surface area contributed by atoms with Gasteiger partial charge in [-0.2, -0.15) is 0 Å². The molecular formula is C61H98O6. The lowest BCUT2D eigenvalue weighted by Crippen LogP contribution is -2.30. The number of hydrogen-bond acceptors (Lipinski definition) is 6. The third-order valence-electron chi connectivity index (χ3n) is 10.9. The molecule has 0 aliphatic carbocycles. The summed E-state index contributed by atoms with van der Waals surface area (Å²) in [5, 5.41) is 0. The zero-order valence-corrected chi connectivity index (χ0v) is 43.1. The van der Waals surface area contributed by atoms with Gasteiger partial charge in [0.05, 0.1) is 0 Å². The van der Waals surface area contributed by atoms with Crippen molar-refractivity contribution < 1.29 is 28.6 Å². The lowest BCUT2D eigenvalue weighted by atomic mass is 10.1. The van der Waals surface area contributed by atoms with Crippen molar-refractivity contribution >= 4 is 17.9 Å². The maximum absolute atomic E-state index is 12.8. The Hall–Kier alpha value is -4.19. The summed E-state index contributed by atoms with van der Waals surface area (Å²) in [6.45, 7) is 6.43. The Morgan fingerprint density at radius 2 is 0.567 bits per heavy atom. The van der Waals surface area contributed by atoms with Crippen LogP contribution in [0.5, 0.6) is 0 Å². The fourth-order valence-corrected chi connectivity index (χ4v) is 6.81. The molecule has 0 heterocycles. The van der Waals surface area contributed by atoms with Gasteiger partial charge in [0.15, 0.2) is 6.10 Å². The molecule has 378 valence electrons. The molecule has 0 saturated heterocycles. The first-order chi connectivity index (χ1) is 33.0. The van der Waals surface area contributed by atoms with Crippen LogP contribution < -0.4 is 0 Å². The highest BCUT2D eigenvalue weighted by Crippen LogP contribution is 2.11. The number of carbonyl (C=O) groups excluding carboxylic acids is 3. The Bertz CT molecular complexity index is 1440. The van der Waals surface area contributed by atoms with Crippen molar-refractivity contribution in [3.63, 3.8) is 0 Å². The van der Waals surface area contributed by atoms with Crippen molar-refractivity contribution in [1.82, 2.24) is 0 Å². The van der Waals surface area contributed by atoms with Crippen molar-refractivity contribution in [3.05, 3.63) is 122 Å². The van der Waals surface area contributed by atoms with Crippen molar-refractivity contribution in [1.29, 1.82) is 0 Å². The summed E-state index contributed by atoms with van der Waals surface area (Å²) in [5.41, 5.74) is 0. The zero-order valence-electron chi connectivity index (χ0n) is 43.1. The second-order valence-corrected chi connectivity index (χ2v) is 17.4. The van der Waals surface area contributed by atoms with Crippen molar-refractivity contribution in [3.8, 4) is 0 Å². The van der Waals surface area contributed by atoms with Gasteiger partial charge in [-0.3, -0.25) is 14.4 Å². The molecule has 0 rings (SSSR count). The van der Waals surface area contributed by atoms with E-state index in [1.807, 2.05) is 12.2 Å². The van der Waals surface area contributed by atoms with Crippen LogP contribution in [0.25, 0.3) is 0 Å². The van der Waals surface area contributed by atoms with Crippen LogP contribution in [0.3, 0.4) is 0 Å². The number of esters is 3. The number of hydrogen-bond donors (Lipinski definition) is 0. The van der Waals surface area contributed by atoms with E-state index in [1.165, 1.54) is 77.0 Å². The van der Waals surface area contributed by atoms with Crippen LogP contribution in [0.4, 0.5) is 0 Å². The average molecular weight is 927 g/mol. The minimum Gasteiger partial charge on any atom is -0.462 e. The van der Waals surface area contributed by atoms with Crippen LogP contribution in [0.2, 0.25) is 0 Å². The lowest BCUT2D eigenvalue weighted by Gasteiger charge is -2.18. The molecule has 67 heavy (non-hydrogen) atoms. The van der Waals surface area contributed by atoms with Gasteiger partial charge in [-0.25, -0.2) is 0 Å². The Morgan fingerprint density at radius 3 is 0.955 bits per heavy atom. The van der Waals surface area contributed by atoms with Crippen LogP contribution in [0.1, 0.15) is 226 Å². The fraction of sp³-hybridized carbons (Fsp3) is 0.623. The van der Waals surface area contributed by atoms with Gasteiger partial charge in [-0.05, 0) is 128 Å². The normalized spacial score (nSPS) is 13.1. The standard InChI is InChI=1S/C61H98O6/c1-4-7-10-13-16-19-22-25-28-29-30-31-34-36-39-42-45-48-51-54-60(63)66-57-58(67-61(64)55-52-49-46-43-40-37-33-27-24-21-18-15-12-9-6-3)56-65-59(62)53-50-47-44-41-38-35-32-26-23-20-17-14-11-8-5-2/h16-21,25-28,30-33,36,39-40,43,45,48,58H,4-15,22-24,29,34-35,37-38,41-42,44,46-47,49-57H2,1-3H3/b19-16-,20-17-,21-18-,28-25-,31-30-,32-26-,33-27-,39-36-,43-40-,48-45-/t58-/m0/s1. The molecule has 0 aromatic carbocycles. The SMILES string of the molecule is CCCCC/C=C\C/C=C\C/C=C\C/C=C\C/C=C\CCC(=O)OC[C@H](COC(=O)CCCCCCC/C=C\C/C=C\CCCCC)OC(=O)CCCC/C=C\C/C=C\C/C=C\CCCCC. The lowest BCUT2D eigenvalue weighted by molar-refractivity contribution is -0.166. The highest BCUT2D eigenvalue weighted by atomic mass is 16.6. The molecule has 0 saturated carbocycles. The molecule has 0 N–H and O–H groups in total. The molecule has 0 aliphatic heterocycles. The van der Waals surface area contributed by atoms with E-state index in [0.717, 1.165) is 96.3 Å². The number of carbonyl (C=O) groups is 3. The molecule has 6 nitrogen and oxygen atoms in total. The van der Waals surface area contributed by atoms with Crippen molar-refractivity contribution in [2.75, 3.05) is 13.2 Å². The van der Waals surface area contributed by atoms with Crippen LogP contribution in [0, 0.1) is 0 Å². The summed E-state index contributed by atoms with van der Waals surface area (Å²) in [6.07, 6.45) is 74.8. The molecule has 0 unspecified atom stereocenters. The first-order valence-corrected chi connectivity index (χ1v) is 27.0. The predicted molar refractivity (Wildman–Crippen MR) is 288 cm³/mol. The first-order valence-electron chi connectivity index (χ1n) is 27.0. The summed E-state index contributed by atoms with van der Waals surface area (Å²) >= 11 is 0. The van der Waals surface area contributed by atoms with Gasteiger partial charge < -0.3 is 14.2 Å². The van der Waals surface area contributed by atoms with Gasteiger partial charge >= 0.3 is 17.9 Å². The summed E-state index contributed by atoms with van der Waals surface area (Å²) in [7, 11) is 0. The van der Waals surface area contributed by atoms with E-state index in [2.05, 4.69) is 130 Å². The van der Waals surface area contributed by atoms with Crippen LogP contribution in [-0.4, -0.2) is 37.2 Å². The van der Waals surface area contributed by atoms with E-state index < -0.39 is 6.10 Å². The molecule has 6 heteroatoms. The van der Waals surface area contributed by atoms with Crippen LogP contribution in [0.15, 0.2) is 122 Å². The molecule has 0 fully saturated rings. The molecule has 1 atom stereocenters. The maximum atomic E-state index is 12.8. The predicted octanol–water partition coefficient (Wildman–Crippen LogP) is 18.1. The minimum atomic E-state index is -0.837. The summed E-state index contributed by atoms with van der Waals surface area (Å²) in [4.78, 5) is 38.0. The highest BCUT2D eigenvalue weighted by molar-refractivity contribution is 5.71. The minimum absolute atomic E-state index is 0.127. The van der Waals surface area contributed by atoms with E-state index in [-0.39, 0.29) is 44.0 Å². The fourth-order valence-electron chi connectivity index (χ4n) is 6.81. The van der Waals surface area contributed by atoms with Crippen molar-refractivity contribution in [2.45, 2.75) is 232 Å². The molecule has 0 radical (unpaired) electrons. The molecule has 0 spiro atoms. The number of ether oxygens (including phenoxy) is 3. The van der Waals surface area contributed by atoms with Gasteiger partial charge in [-0.1, -0.05) is 200 Å². The highest BCUT2D eigenvalue weighted by Gasteiger charge is 2.19. The molecular weight excluding hydrogens is 829 g/mol. The molecule has 0 bridgehead atoms. The molecule has 0 aromatic heterocycles. The third kappa shape index (κ3) is 52.6. The number of unbranched alkanes of at least 4 members (excludes halogenated alkanes) is 16. The number of rotatable bonds is 47. The summed E-state index contributed by atoms with van der Waals surface area (Å²) < 4.78 is 16.7. The average Bonchev–Trinajstić information content (AvgIpc) is 3.33. The zero-order chi connectivity index (χ0) is 48.6. The second-order valence-electron chi connectivity index (χ2n) is 17.4. The van der Waals surface area contributed by atoms with Crippen LogP contribution >= 0.6 is 0 Å². The van der Waals surface area contributed by atoms with E-state index >= 15 is 0 Å². The Labute approximate surface area is 412 Å². The quantitative estimate of drug-likeness (QED) is 0.0262. The first kappa shape index (κ1) is 62.8. The van der Waals surface area contributed by atoms with E-state index in [0.29, 0.717) is 19.3 Å². The second kappa shape index (κ2) is 54.4. The topological polar surface area (TPSA) is 78.9 Å². The van der Waals surface area contributed by atoms with E-state index in [1.54, 1.807) is 0 Å². The van der Waals surface area contributed by atoms with Crippen molar-refractivity contribution in [2.24, 2.45) is 0 Å². The van der Waals surface area contributed by atoms with Crippen LogP contribution in [-0.2, 0) is 28.6 Å². The molecule has 0 amide bonds. The van der Waals surface area contributed by atoms with E-state index in [4.69, 9.17) is 14.2 Å².